The molecule has 1 aliphatic rings. The van der Waals surface area contributed by atoms with Gasteiger partial charge in [-0.05, 0) is 29.9 Å². The molecule has 2 atom stereocenters. The Kier molecular flexibility index (Phi) is 7.88. The van der Waals surface area contributed by atoms with E-state index in [0.29, 0.717) is 6.54 Å². The van der Waals surface area contributed by atoms with Crippen molar-refractivity contribution in [2.45, 2.75) is 59.5 Å². The maximum absolute atomic E-state index is 5.93. The Bertz CT molecular complexity index is 1080. The van der Waals surface area contributed by atoms with E-state index in [4.69, 9.17) is 10.5 Å². The third-order valence-electron chi connectivity index (χ3n) is 7.11. The van der Waals surface area contributed by atoms with Crippen molar-refractivity contribution in [2.24, 2.45) is 11.8 Å². The Balaban J connectivity index is 1.54. The van der Waals surface area contributed by atoms with Crippen LogP contribution in [0.5, 0.6) is 5.75 Å². The highest BCUT2D eigenvalue weighted by molar-refractivity contribution is 5.86. The van der Waals surface area contributed by atoms with Crippen LogP contribution in [0.1, 0.15) is 57.6 Å². The lowest BCUT2D eigenvalue weighted by molar-refractivity contribution is 0.311. The molecule has 0 aliphatic carbocycles. The lowest BCUT2D eigenvalue weighted by Gasteiger charge is -2.18. The van der Waals surface area contributed by atoms with Crippen LogP contribution in [0.25, 0.3) is 11.0 Å². The number of hydrogen-bond acceptors (Lipinski definition) is 7. The van der Waals surface area contributed by atoms with Crippen molar-refractivity contribution in [2.75, 3.05) is 37.8 Å². The number of fused-ring (bicyclic) bond motifs is 1. The number of aromatic nitrogens is 4. The number of nitrogens with two attached hydrogens (primary N) is 1. The maximum Gasteiger partial charge on any atom is 0.222 e. The molecule has 0 unspecified atom stereocenters. The predicted octanol–water partition coefficient (Wildman–Crippen LogP) is 4.55. The first kappa shape index (κ1) is 24.3. The summed E-state index contributed by atoms with van der Waals surface area (Å²) in [6.07, 6.45) is 6.44. The largest absolute Gasteiger partial charge is 0.496 e. The SMILES string of the molecule is CCCCNc1nc(N)nc2cnn(Cc3ccc(CN4C[C@@H](CC)[C@@H](CC)C4)cc3OC)c12. The normalized spacial score (nSPS) is 18.6. The lowest BCUT2D eigenvalue weighted by atomic mass is 9.92. The molecule has 1 aromatic carbocycles. The molecule has 0 bridgehead atoms. The Labute approximate surface area is 202 Å². The van der Waals surface area contributed by atoms with Crippen molar-refractivity contribution in [3.63, 3.8) is 0 Å². The van der Waals surface area contributed by atoms with E-state index in [2.05, 4.69) is 64.3 Å². The quantitative estimate of drug-likeness (QED) is 0.401. The molecule has 8 nitrogen and oxygen atoms in total. The fraction of sp³-hybridized carbons (Fsp3) is 0.577. The van der Waals surface area contributed by atoms with E-state index in [1.807, 2.05) is 4.68 Å². The van der Waals surface area contributed by atoms with Crippen molar-refractivity contribution < 1.29 is 4.74 Å². The van der Waals surface area contributed by atoms with E-state index in [9.17, 15) is 0 Å². The zero-order valence-corrected chi connectivity index (χ0v) is 21.0. The third-order valence-corrected chi connectivity index (χ3v) is 7.11. The molecule has 0 amide bonds. The number of benzene rings is 1. The molecule has 8 heteroatoms. The summed E-state index contributed by atoms with van der Waals surface area (Å²) in [5.41, 5.74) is 9.90. The molecule has 0 radical (unpaired) electrons. The third kappa shape index (κ3) is 5.27. The van der Waals surface area contributed by atoms with Gasteiger partial charge in [0.05, 0.1) is 19.9 Å². The summed E-state index contributed by atoms with van der Waals surface area (Å²) in [7, 11) is 1.74. The summed E-state index contributed by atoms with van der Waals surface area (Å²) in [5.74, 6) is 3.50. The van der Waals surface area contributed by atoms with Crippen molar-refractivity contribution in [3.8, 4) is 5.75 Å². The minimum absolute atomic E-state index is 0.255. The van der Waals surface area contributed by atoms with Crippen LogP contribution in [-0.4, -0.2) is 51.4 Å². The number of anilines is 2. The van der Waals surface area contributed by atoms with Gasteiger partial charge in [-0.3, -0.25) is 9.58 Å². The fourth-order valence-electron chi connectivity index (χ4n) is 5.17. The van der Waals surface area contributed by atoms with Crippen LogP contribution in [0.3, 0.4) is 0 Å². The van der Waals surface area contributed by atoms with Crippen LogP contribution in [0, 0.1) is 11.8 Å². The second kappa shape index (κ2) is 11.0. The molecule has 0 spiro atoms. The number of likely N-dealkylation sites (tertiary alicyclic amines) is 1. The summed E-state index contributed by atoms with van der Waals surface area (Å²) in [4.78, 5) is 11.4. The number of hydrogen-bond donors (Lipinski definition) is 2. The summed E-state index contributed by atoms with van der Waals surface area (Å²) in [6, 6.07) is 6.56. The first-order valence-corrected chi connectivity index (χ1v) is 12.7. The molecule has 3 N–H and O–H groups in total. The van der Waals surface area contributed by atoms with E-state index in [1.165, 1.54) is 31.5 Å². The highest BCUT2D eigenvalue weighted by Gasteiger charge is 2.30. The van der Waals surface area contributed by atoms with Gasteiger partial charge in [-0.25, -0.2) is 4.98 Å². The number of nitrogen functional groups attached to an aromatic ring is 1. The summed E-state index contributed by atoms with van der Waals surface area (Å²) >= 11 is 0. The van der Waals surface area contributed by atoms with Crippen LogP contribution in [-0.2, 0) is 13.1 Å². The smallest absolute Gasteiger partial charge is 0.222 e. The number of ether oxygens (including phenoxy) is 1. The van der Waals surface area contributed by atoms with Gasteiger partial charge in [0.2, 0.25) is 5.95 Å². The van der Waals surface area contributed by atoms with Gasteiger partial charge < -0.3 is 15.8 Å². The van der Waals surface area contributed by atoms with Crippen molar-refractivity contribution in [1.82, 2.24) is 24.6 Å². The molecule has 184 valence electrons. The molecule has 1 aliphatic heterocycles. The first-order valence-electron chi connectivity index (χ1n) is 12.7. The molecular formula is C26H39N7O. The molecule has 3 aromatic rings. The average Bonchev–Trinajstić information content (AvgIpc) is 3.43. The number of methoxy groups -OCH3 is 1. The minimum atomic E-state index is 0.255. The Morgan fingerprint density at radius 1 is 1.09 bits per heavy atom. The van der Waals surface area contributed by atoms with Crippen molar-refractivity contribution in [3.05, 3.63) is 35.5 Å². The zero-order chi connectivity index (χ0) is 24.1. The van der Waals surface area contributed by atoms with E-state index in [1.54, 1.807) is 13.3 Å². The molecule has 2 aromatic heterocycles. The Morgan fingerprint density at radius 2 is 1.85 bits per heavy atom. The number of rotatable bonds is 11. The van der Waals surface area contributed by atoms with Gasteiger partial charge in [-0.15, -0.1) is 0 Å². The standard InChI is InChI=1S/C26H39N7O/c1-5-8-11-28-25-24-22(30-26(27)31-25)13-29-33(24)17-21-10-9-18(12-23(21)34-4)14-32-15-19(6-2)20(7-3)16-32/h9-10,12-13,19-20H,5-8,11,14-17H2,1-4H3,(H3,27,28,30,31)/t19-,20+. The monoisotopic (exact) mass is 465 g/mol. The van der Waals surface area contributed by atoms with Gasteiger partial charge >= 0.3 is 0 Å². The molecular weight excluding hydrogens is 426 g/mol. The Morgan fingerprint density at radius 3 is 2.53 bits per heavy atom. The second-order valence-corrected chi connectivity index (χ2v) is 9.42. The van der Waals surface area contributed by atoms with Gasteiger partial charge in [0, 0.05) is 31.7 Å². The van der Waals surface area contributed by atoms with Gasteiger partial charge in [-0.2, -0.15) is 10.1 Å². The van der Waals surface area contributed by atoms with E-state index in [-0.39, 0.29) is 5.95 Å². The predicted molar refractivity (Wildman–Crippen MR) is 138 cm³/mol. The fourth-order valence-corrected chi connectivity index (χ4v) is 5.17. The Hall–Kier alpha value is -2.87. The van der Waals surface area contributed by atoms with Gasteiger partial charge in [0.1, 0.15) is 16.8 Å². The second-order valence-electron chi connectivity index (χ2n) is 9.42. The highest BCUT2D eigenvalue weighted by Crippen LogP contribution is 2.31. The van der Waals surface area contributed by atoms with Crippen LogP contribution >= 0.6 is 0 Å². The molecule has 4 rings (SSSR count). The van der Waals surface area contributed by atoms with Crippen LogP contribution in [0.2, 0.25) is 0 Å². The molecule has 34 heavy (non-hydrogen) atoms. The summed E-state index contributed by atoms with van der Waals surface area (Å²) < 4.78 is 7.73. The van der Waals surface area contributed by atoms with Crippen LogP contribution in [0.15, 0.2) is 24.4 Å². The average molecular weight is 466 g/mol. The molecule has 3 heterocycles. The van der Waals surface area contributed by atoms with Crippen molar-refractivity contribution in [1.29, 1.82) is 0 Å². The van der Waals surface area contributed by atoms with Gasteiger partial charge in [0.25, 0.3) is 0 Å². The minimum Gasteiger partial charge on any atom is -0.496 e. The highest BCUT2D eigenvalue weighted by atomic mass is 16.5. The molecule has 1 saturated heterocycles. The van der Waals surface area contributed by atoms with Gasteiger partial charge in [-0.1, -0.05) is 52.2 Å². The topological polar surface area (TPSA) is 94.1 Å². The van der Waals surface area contributed by atoms with Gasteiger partial charge in [0.15, 0.2) is 5.82 Å². The number of nitrogens with zero attached hydrogens (tertiary/aromatic N) is 5. The lowest BCUT2D eigenvalue weighted by Crippen LogP contribution is -2.20. The molecule has 1 fully saturated rings. The number of unbranched alkanes of at least 4 members (excludes halogenated alkanes) is 1. The van der Waals surface area contributed by atoms with Crippen molar-refractivity contribution >= 4 is 22.8 Å². The first-order chi connectivity index (χ1) is 16.6. The maximum atomic E-state index is 5.93. The van der Waals surface area contributed by atoms with Crippen LogP contribution in [0.4, 0.5) is 11.8 Å². The van der Waals surface area contributed by atoms with E-state index >= 15 is 0 Å². The summed E-state index contributed by atoms with van der Waals surface area (Å²) in [5, 5.41) is 8.00. The van der Waals surface area contributed by atoms with E-state index < -0.39 is 0 Å². The molecule has 0 saturated carbocycles. The summed E-state index contributed by atoms with van der Waals surface area (Å²) in [6.45, 7) is 11.6. The zero-order valence-electron chi connectivity index (χ0n) is 21.0. The number of nitrogens with one attached hydrogen (secondary N) is 1. The van der Waals surface area contributed by atoms with Crippen LogP contribution < -0.4 is 15.8 Å². The van der Waals surface area contributed by atoms with E-state index in [0.717, 1.165) is 65.9 Å².